The SMILES string of the molecule is O=C(c1c(C(F)(F)F)cccc1C(F)(F)F)C1CC2CCC(C1)S2. The van der Waals surface area contributed by atoms with Crippen molar-refractivity contribution in [1.29, 1.82) is 0 Å². The highest BCUT2D eigenvalue weighted by Crippen LogP contribution is 2.48. The molecule has 0 aromatic heterocycles. The first-order chi connectivity index (χ1) is 11.1. The number of alkyl halides is 6. The van der Waals surface area contributed by atoms with Crippen LogP contribution in [0.5, 0.6) is 0 Å². The zero-order valence-electron chi connectivity index (χ0n) is 12.4. The molecule has 1 nitrogen and oxygen atoms in total. The standard InChI is InChI=1S/C16H14F6OS/c17-15(18,19)11-2-1-3-12(16(20,21)22)13(11)14(23)8-6-9-4-5-10(7-8)24-9/h1-3,8-10H,4-7H2. The highest BCUT2D eigenvalue weighted by molar-refractivity contribution is 8.00. The van der Waals surface area contributed by atoms with Gasteiger partial charge in [0.1, 0.15) is 0 Å². The van der Waals surface area contributed by atoms with Gasteiger partial charge in [0.25, 0.3) is 0 Å². The van der Waals surface area contributed by atoms with Crippen LogP contribution in [0.2, 0.25) is 0 Å². The van der Waals surface area contributed by atoms with Gasteiger partial charge in [-0.3, -0.25) is 4.79 Å². The molecule has 24 heavy (non-hydrogen) atoms. The van der Waals surface area contributed by atoms with E-state index < -0.39 is 40.7 Å². The second-order valence-corrected chi connectivity index (χ2v) is 7.82. The Balaban J connectivity index is 2.06. The molecule has 1 aromatic carbocycles. The highest BCUT2D eigenvalue weighted by atomic mass is 32.2. The van der Waals surface area contributed by atoms with Crippen LogP contribution in [-0.2, 0) is 12.4 Å². The van der Waals surface area contributed by atoms with Crippen molar-refractivity contribution in [3.8, 4) is 0 Å². The summed E-state index contributed by atoms with van der Waals surface area (Å²) in [5.74, 6) is -1.79. The predicted octanol–water partition coefficient (Wildman–Crippen LogP) is 5.58. The van der Waals surface area contributed by atoms with Crippen LogP contribution in [0.3, 0.4) is 0 Å². The summed E-state index contributed by atoms with van der Waals surface area (Å²) in [6.45, 7) is 0. The maximum absolute atomic E-state index is 13.2. The molecule has 2 bridgehead atoms. The van der Waals surface area contributed by atoms with Crippen molar-refractivity contribution < 1.29 is 31.1 Å². The van der Waals surface area contributed by atoms with E-state index in [4.69, 9.17) is 0 Å². The van der Waals surface area contributed by atoms with Gasteiger partial charge in [-0.1, -0.05) is 6.07 Å². The van der Waals surface area contributed by atoms with Gasteiger partial charge >= 0.3 is 12.4 Å². The summed E-state index contributed by atoms with van der Waals surface area (Å²) in [5, 5.41) is 0.315. The Labute approximate surface area is 138 Å². The number of carbonyl (C=O) groups excluding carboxylic acids is 1. The molecule has 0 radical (unpaired) electrons. The van der Waals surface area contributed by atoms with Crippen LogP contribution in [0.1, 0.15) is 47.2 Å². The maximum atomic E-state index is 13.2. The molecule has 0 N–H and O–H groups in total. The van der Waals surface area contributed by atoms with Gasteiger partial charge in [0, 0.05) is 22.0 Å². The number of ketones is 1. The molecule has 132 valence electrons. The molecule has 0 saturated carbocycles. The Hall–Kier alpha value is -1.18. The van der Waals surface area contributed by atoms with Crippen LogP contribution in [0.15, 0.2) is 18.2 Å². The van der Waals surface area contributed by atoms with E-state index in [1.54, 1.807) is 11.8 Å². The van der Waals surface area contributed by atoms with E-state index >= 15 is 0 Å². The van der Waals surface area contributed by atoms with Crippen LogP contribution >= 0.6 is 11.8 Å². The minimum atomic E-state index is -5.01. The molecule has 0 spiro atoms. The molecule has 0 amide bonds. The second kappa shape index (κ2) is 5.97. The Morgan fingerprint density at radius 1 is 0.917 bits per heavy atom. The lowest BCUT2D eigenvalue weighted by Gasteiger charge is -2.28. The van der Waals surface area contributed by atoms with Gasteiger partial charge in [-0.15, -0.1) is 0 Å². The van der Waals surface area contributed by atoms with E-state index in [9.17, 15) is 31.1 Å². The largest absolute Gasteiger partial charge is 0.417 e. The van der Waals surface area contributed by atoms with Crippen molar-refractivity contribution in [3.05, 3.63) is 34.9 Å². The first-order valence-corrected chi connectivity index (χ1v) is 8.48. The second-order valence-electron chi connectivity index (χ2n) is 6.21. The summed E-state index contributed by atoms with van der Waals surface area (Å²) in [6.07, 6.45) is -7.57. The fourth-order valence-electron chi connectivity index (χ4n) is 3.57. The van der Waals surface area contributed by atoms with E-state index in [-0.39, 0.29) is 10.5 Å². The number of carbonyl (C=O) groups is 1. The lowest BCUT2D eigenvalue weighted by atomic mass is 9.85. The molecular formula is C16H14F6OS. The topological polar surface area (TPSA) is 17.1 Å². The fraction of sp³-hybridized carbons (Fsp3) is 0.562. The summed E-state index contributed by atoms with van der Waals surface area (Å²) in [5.41, 5.74) is -4.20. The zero-order chi connectivity index (χ0) is 17.7. The quantitative estimate of drug-likeness (QED) is 0.501. The molecule has 2 saturated heterocycles. The van der Waals surface area contributed by atoms with Crippen molar-refractivity contribution in [2.45, 2.75) is 48.5 Å². The van der Waals surface area contributed by atoms with Gasteiger partial charge in [0.2, 0.25) is 0 Å². The minimum Gasteiger partial charge on any atom is -0.294 e. The molecule has 2 atom stereocenters. The smallest absolute Gasteiger partial charge is 0.294 e. The van der Waals surface area contributed by atoms with E-state index in [0.717, 1.165) is 12.8 Å². The van der Waals surface area contributed by atoms with Gasteiger partial charge in [-0.25, -0.2) is 0 Å². The van der Waals surface area contributed by atoms with Crippen molar-refractivity contribution >= 4 is 17.5 Å². The van der Waals surface area contributed by atoms with Crippen molar-refractivity contribution in [3.63, 3.8) is 0 Å². The third-order valence-corrected chi connectivity index (χ3v) is 6.21. The van der Waals surface area contributed by atoms with E-state index in [1.807, 2.05) is 0 Å². The van der Waals surface area contributed by atoms with E-state index in [0.29, 0.717) is 31.0 Å². The zero-order valence-corrected chi connectivity index (χ0v) is 13.2. The first-order valence-electron chi connectivity index (χ1n) is 7.54. The van der Waals surface area contributed by atoms with Crippen LogP contribution < -0.4 is 0 Å². The first kappa shape index (κ1) is 17.6. The third-order valence-electron chi connectivity index (χ3n) is 4.58. The number of Topliss-reactive ketones (excluding diaryl/α,β-unsaturated/α-hetero) is 1. The molecule has 2 heterocycles. The Morgan fingerprint density at radius 2 is 1.38 bits per heavy atom. The Morgan fingerprint density at radius 3 is 1.79 bits per heavy atom. The van der Waals surface area contributed by atoms with Gasteiger partial charge in [0.15, 0.2) is 5.78 Å². The summed E-state index contributed by atoms with van der Waals surface area (Å²) in [6, 6.07) is 1.80. The predicted molar refractivity (Wildman–Crippen MR) is 77.9 cm³/mol. The van der Waals surface area contributed by atoms with Crippen LogP contribution in [0, 0.1) is 5.92 Å². The summed E-state index contributed by atoms with van der Waals surface area (Å²) in [7, 11) is 0. The average molecular weight is 368 g/mol. The van der Waals surface area contributed by atoms with E-state index in [2.05, 4.69) is 0 Å². The summed E-state index contributed by atoms with van der Waals surface area (Å²) >= 11 is 1.69. The molecule has 2 aliphatic rings. The van der Waals surface area contributed by atoms with E-state index in [1.165, 1.54) is 0 Å². The fourth-order valence-corrected chi connectivity index (χ4v) is 5.34. The lowest BCUT2D eigenvalue weighted by Crippen LogP contribution is -2.29. The molecule has 8 heteroatoms. The van der Waals surface area contributed by atoms with Crippen molar-refractivity contribution in [2.75, 3.05) is 0 Å². The molecule has 2 fully saturated rings. The van der Waals surface area contributed by atoms with Gasteiger partial charge in [-0.2, -0.15) is 38.1 Å². The maximum Gasteiger partial charge on any atom is 0.417 e. The van der Waals surface area contributed by atoms with Gasteiger partial charge in [0.05, 0.1) is 11.1 Å². The lowest BCUT2D eigenvalue weighted by molar-refractivity contribution is -0.143. The molecule has 2 unspecified atom stereocenters. The molecule has 0 aliphatic carbocycles. The minimum absolute atomic E-state index is 0.157. The van der Waals surface area contributed by atoms with Gasteiger partial charge < -0.3 is 0 Å². The number of thioether (sulfide) groups is 1. The summed E-state index contributed by atoms with van der Waals surface area (Å²) in [4.78, 5) is 12.6. The monoisotopic (exact) mass is 368 g/mol. The molecular weight excluding hydrogens is 354 g/mol. The number of fused-ring (bicyclic) bond motifs is 2. The number of rotatable bonds is 2. The molecule has 1 aromatic rings. The van der Waals surface area contributed by atoms with Crippen LogP contribution in [-0.4, -0.2) is 16.3 Å². The highest BCUT2D eigenvalue weighted by Gasteiger charge is 2.46. The third kappa shape index (κ3) is 3.30. The normalized spacial score (nSPS) is 27.3. The molecule has 3 rings (SSSR count). The van der Waals surface area contributed by atoms with Crippen molar-refractivity contribution in [1.82, 2.24) is 0 Å². The number of benzene rings is 1. The van der Waals surface area contributed by atoms with Gasteiger partial charge in [-0.05, 0) is 37.8 Å². The number of hydrogen-bond acceptors (Lipinski definition) is 2. The number of hydrogen-bond donors (Lipinski definition) is 0. The van der Waals surface area contributed by atoms with Crippen molar-refractivity contribution in [2.24, 2.45) is 5.92 Å². The average Bonchev–Trinajstić information content (AvgIpc) is 2.82. The Bertz CT molecular complexity index is 607. The number of halogens is 6. The van der Waals surface area contributed by atoms with Crippen LogP contribution in [0.4, 0.5) is 26.3 Å². The van der Waals surface area contributed by atoms with Crippen LogP contribution in [0.25, 0.3) is 0 Å². The summed E-state index contributed by atoms with van der Waals surface area (Å²) < 4.78 is 79.1. The Kier molecular flexibility index (Phi) is 4.38. The molecule has 2 aliphatic heterocycles.